The predicted molar refractivity (Wildman–Crippen MR) is 137 cm³/mol. The SMILES string of the molecule is C(=C1CC(COCCCc2ccccc2)(COCCCc2ccccc2)C1)c1ccccc1. The van der Waals surface area contributed by atoms with Crippen LogP contribution in [0.2, 0.25) is 0 Å². The van der Waals surface area contributed by atoms with E-state index in [1.54, 1.807) is 0 Å². The van der Waals surface area contributed by atoms with E-state index in [1.807, 2.05) is 0 Å². The van der Waals surface area contributed by atoms with Crippen LogP contribution < -0.4 is 0 Å². The van der Waals surface area contributed by atoms with Gasteiger partial charge in [0.2, 0.25) is 0 Å². The summed E-state index contributed by atoms with van der Waals surface area (Å²) >= 11 is 0. The van der Waals surface area contributed by atoms with Gasteiger partial charge in [0.1, 0.15) is 0 Å². The summed E-state index contributed by atoms with van der Waals surface area (Å²) < 4.78 is 12.4. The average Bonchev–Trinajstić information content (AvgIpc) is 2.84. The van der Waals surface area contributed by atoms with E-state index in [0.717, 1.165) is 65.0 Å². The Kier molecular flexibility index (Phi) is 8.91. The van der Waals surface area contributed by atoms with Gasteiger partial charge in [0.15, 0.2) is 0 Å². The summed E-state index contributed by atoms with van der Waals surface area (Å²) in [4.78, 5) is 0. The maximum absolute atomic E-state index is 6.18. The molecule has 3 aromatic rings. The molecule has 0 unspecified atom stereocenters. The van der Waals surface area contributed by atoms with Crippen LogP contribution in [0.4, 0.5) is 0 Å². The molecule has 4 rings (SSSR count). The van der Waals surface area contributed by atoms with Gasteiger partial charge < -0.3 is 9.47 Å². The van der Waals surface area contributed by atoms with Crippen LogP contribution in [0.3, 0.4) is 0 Å². The van der Waals surface area contributed by atoms with E-state index in [-0.39, 0.29) is 5.41 Å². The number of allylic oxidation sites excluding steroid dienone is 1. The normalized spacial score (nSPS) is 14.6. The van der Waals surface area contributed by atoms with Crippen molar-refractivity contribution >= 4 is 6.08 Å². The van der Waals surface area contributed by atoms with Crippen molar-refractivity contribution in [2.45, 2.75) is 38.5 Å². The Labute approximate surface area is 199 Å². The summed E-state index contributed by atoms with van der Waals surface area (Å²) in [5.41, 5.74) is 5.68. The van der Waals surface area contributed by atoms with Crippen molar-refractivity contribution in [3.63, 3.8) is 0 Å². The minimum absolute atomic E-state index is 0.125. The molecule has 2 nitrogen and oxygen atoms in total. The highest BCUT2D eigenvalue weighted by Gasteiger charge is 2.41. The van der Waals surface area contributed by atoms with E-state index >= 15 is 0 Å². The molecular weight excluding hydrogens is 404 g/mol. The van der Waals surface area contributed by atoms with Gasteiger partial charge in [0, 0.05) is 18.6 Å². The van der Waals surface area contributed by atoms with Crippen molar-refractivity contribution in [3.8, 4) is 0 Å². The minimum atomic E-state index is 0.125. The number of benzene rings is 3. The molecule has 0 aromatic heterocycles. The zero-order valence-electron chi connectivity index (χ0n) is 19.6. The first-order valence-electron chi connectivity index (χ1n) is 12.3. The van der Waals surface area contributed by atoms with Crippen molar-refractivity contribution in [2.24, 2.45) is 5.41 Å². The van der Waals surface area contributed by atoms with Gasteiger partial charge in [0.25, 0.3) is 0 Å². The first-order chi connectivity index (χ1) is 16.3. The van der Waals surface area contributed by atoms with Crippen molar-refractivity contribution < 1.29 is 9.47 Å². The number of hydrogen-bond acceptors (Lipinski definition) is 2. The molecule has 1 aliphatic rings. The Balaban J connectivity index is 1.22. The third-order valence-electron chi connectivity index (χ3n) is 6.38. The second-order valence-electron chi connectivity index (χ2n) is 9.35. The fourth-order valence-electron chi connectivity index (χ4n) is 4.67. The largest absolute Gasteiger partial charge is 0.381 e. The Bertz CT molecular complexity index is 904. The Morgan fingerprint density at radius 1 is 0.606 bits per heavy atom. The highest BCUT2D eigenvalue weighted by atomic mass is 16.5. The monoisotopic (exact) mass is 440 g/mol. The van der Waals surface area contributed by atoms with Gasteiger partial charge in [-0.05, 0) is 55.2 Å². The smallest absolute Gasteiger partial charge is 0.0550 e. The molecule has 0 aliphatic heterocycles. The lowest BCUT2D eigenvalue weighted by Gasteiger charge is -2.43. The summed E-state index contributed by atoms with van der Waals surface area (Å²) in [5, 5.41) is 0. The number of rotatable bonds is 13. The molecule has 0 N–H and O–H groups in total. The van der Waals surface area contributed by atoms with Crippen molar-refractivity contribution in [2.75, 3.05) is 26.4 Å². The van der Waals surface area contributed by atoms with Gasteiger partial charge in [-0.2, -0.15) is 0 Å². The average molecular weight is 441 g/mol. The van der Waals surface area contributed by atoms with Crippen LogP contribution in [0.25, 0.3) is 6.08 Å². The van der Waals surface area contributed by atoms with Crippen molar-refractivity contribution in [3.05, 3.63) is 113 Å². The lowest BCUT2D eigenvalue weighted by molar-refractivity contribution is -0.0443. The molecule has 2 heteroatoms. The maximum atomic E-state index is 6.18. The quantitative estimate of drug-likeness (QED) is 0.263. The van der Waals surface area contributed by atoms with Gasteiger partial charge in [-0.15, -0.1) is 0 Å². The van der Waals surface area contributed by atoms with Gasteiger partial charge in [-0.25, -0.2) is 0 Å². The predicted octanol–water partition coefficient (Wildman–Crippen LogP) is 7.15. The van der Waals surface area contributed by atoms with E-state index in [0.29, 0.717) is 0 Å². The molecule has 0 spiro atoms. The topological polar surface area (TPSA) is 18.5 Å². The van der Waals surface area contributed by atoms with E-state index in [1.165, 1.54) is 22.3 Å². The molecule has 0 heterocycles. The minimum Gasteiger partial charge on any atom is -0.381 e. The van der Waals surface area contributed by atoms with Gasteiger partial charge in [-0.3, -0.25) is 0 Å². The molecule has 3 aromatic carbocycles. The van der Waals surface area contributed by atoms with E-state index in [4.69, 9.17) is 9.47 Å². The Hall–Kier alpha value is -2.68. The van der Waals surface area contributed by atoms with Crippen molar-refractivity contribution in [1.82, 2.24) is 0 Å². The third-order valence-corrected chi connectivity index (χ3v) is 6.38. The highest BCUT2D eigenvalue weighted by molar-refractivity contribution is 5.55. The van der Waals surface area contributed by atoms with E-state index in [9.17, 15) is 0 Å². The Morgan fingerprint density at radius 3 is 1.55 bits per heavy atom. The summed E-state index contributed by atoms with van der Waals surface area (Å²) in [6.07, 6.45) is 8.74. The van der Waals surface area contributed by atoms with Crippen LogP contribution in [0, 0.1) is 5.41 Å². The molecule has 0 amide bonds. The summed E-state index contributed by atoms with van der Waals surface area (Å²) in [6.45, 7) is 3.18. The summed E-state index contributed by atoms with van der Waals surface area (Å²) in [5.74, 6) is 0. The molecular formula is C31H36O2. The van der Waals surface area contributed by atoms with Crippen LogP contribution >= 0.6 is 0 Å². The molecule has 1 saturated carbocycles. The first kappa shape index (κ1) is 23.5. The van der Waals surface area contributed by atoms with E-state index < -0.39 is 0 Å². The van der Waals surface area contributed by atoms with Gasteiger partial charge >= 0.3 is 0 Å². The molecule has 0 saturated heterocycles. The number of ether oxygens (including phenoxy) is 2. The molecule has 0 bridgehead atoms. The second kappa shape index (κ2) is 12.5. The standard InChI is InChI=1S/C31H36O2/c1-4-12-27(13-5-1)18-10-20-32-25-31(23-30(24-31)22-29-16-8-3-9-17-29)26-33-21-11-19-28-14-6-2-7-15-28/h1-9,12-17,22H,10-11,18-21,23-26H2. The molecule has 0 atom stereocenters. The molecule has 0 radical (unpaired) electrons. The van der Waals surface area contributed by atoms with Crippen LogP contribution in [0.5, 0.6) is 0 Å². The molecule has 33 heavy (non-hydrogen) atoms. The second-order valence-corrected chi connectivity index (χ2v) is 9.35. The number of hydrogen-bond donors (Lipinski definition) is 0. The maximum Gasteiger partial charge on any atom is 0.0550 e. The lowest BCUT2D eigenvalue weighted by Crippen LogP contribution is -2.41. The molecule has 172 valence electrons. The van der Waals surface area contributed by atoms with Crippen LogP contribution in [-0.2, 0) is 22.3 Å². The fourth-order valence-corrected chi connectivity index (χ4v) is 4.67. The third kappa shape index (κ3) is 7.70. The van der Waals surface area contributed by atoms with E-state index in [2.05, 4.69) is 97.1 Å². The number of aryl methyl sites for hydroxylation is 2. The van der Waals surface area contributed by atoms with Crippen molar-refractivity contribution in [1.29, 1.82) is 0 Å². The molecule has 1 fully saturated rings. The summed E-state index contributed by atoms with van der Waals surface area (Å²) in [7, 11) is 0. The van der Waals surface area contributed by atoms with Crippen LogP contribution in [0.15, 0.2) is 96.6 Å². The zero-order chi connectivity index (χ0) is 22.6. The van der Waals surface area contributed by atoms with Gasteiger partial charge in [-0.1, -0.05) is 103 Å². The van der Waals surface area contributed by atoms with Crippen LogP contribution in [-0.4, -0.2) is 26.4 Å². The zero-order valence-corrected chi connectivity index (χ0v) is 19.6. The summed E-state index contributed by atoms with van der Waals surface area (Å²) in [6, 6.07) is 32.0. The Morgan fingerprint density at radius 2 is 1.06 bits per heavy atom. The fraction of sp³-hybridized carbons (Fsp3) is 0.355. The molecule has 1 aliphatic carbocycles. The van der Waals surface area contributed by atoms with Crippen LogP contribution in [0.1, 0.15) is 42.4 Å². The first-order valence-corrected chi connectivity index (χ1v) is 12.3. The highest BCUT2D eigenvalue weighted by Crippen LogP contribution is 2.46. The van der Waals surface area contributed by atoms with Gasteiger partial charge in [0.05, 0.1) is 13.2 Å². The lowest BCUT2D eigenvalue weighted by atomic mass is 9.66.